The maximum atomic E-state index is 13.6. The number of pyridine rings is 2. The number of carbonyl (C=O) groups excluding carboxylic acids is 1. The van der Waals surface area contributed by atoms with Crippen LogP contribution in [0.25, 0.3) is 11.1 Å². The molecule has 3 aromatic rings. The zero-order chi connectivity index (χ0) is 19.2. The molecule has 6 heteroatoms. The molecule has 0 radical (unpaired) electrons. The summed E-state index contributed by atoms with van der Waals surface area (Å²) in [5, 5.41) is 2.64. The predicted octanol–water partition coefficient (Wildman–Crippen LogP) is 2.97. The molecule has 3 N–H and O–H groups in total. The second-order valence-electron chi connectivity index (χ2n) is 5.88. The van der Waals surface area contributed by atoms with Crippen molar-refractivity contribution in [1.29, 1.82) is 0 Å². The Kier molecular flexibility index (Phi) is 5.55. The lowest BCUT2D eigenvalue weighted by Gasteiger charge is -2.10. The van der Waals surface area contributed by atoms with Crippen LogP contribution in [0.3, 0.4) is 0 Å². The van der Waals surface area contributed by atoms with Gasteiger partial charge in [0.05, 0.1) is 12.2 Å². The molecule has 2 heterocycles. The van der Waals surface area contributed by atoms with E-state index in [1.54, 1.807) is 19.1 Å². The highest BCUT2D eigenvalue weighted by Gasteiger charge is 2.12. The normalized spacial score (nSPS) is 11.2. The molecule has 1 unspecified atom stereocenters. The number of anilines is 1. The fraction of sp³-hybridized carbons (Fsp3) is 0.0952. The lowest BCUT2D eigenvalue weighted by Crippen LogP contribution is -2.32. The summed E-state index contributed by atoms with van der Waals surface area (Å²) in [4.78, 5) is 20.1. The molecule has 0 fully saturated rings. The zero-order valence-electron chi connectivity index (χ0n) is 14.6. The first-order valence-electron chi connectivity index (χ1n) is 8.28. The number of nitrogens with two attached hydrogens (primary N) is 1. The van der Waals surface area contributed by atoms with Crippen LogP contribution in [0.2, 0.25) is 0 Å². The minimum Gasteiger partial charge on any atom is -0.320 e. The summed E-state index contributed by atoms with van der Waals surface area (Å²) in [5.74, 6) is 5.53. The van der Waals surface area contributed by atoms with E-state index in [0.29, 0.717) is 22.6 Å². The van der Waals surface area contributed by atoms with Crippen molar-refractivity contribution in [3.05, 3.63) is 78.0 Å². The molecule has 2 aromatic heterocycles. The van der Waals surface area contributed by atoms with Gasteiger partial charge in [0, 0.05) is 22.9 Å². The van der Waals surface area contributed by atoms with Gasteiger partial charge >= 0.3 is 0 Å². The van der Waals surface area contributed by atoms with Crippen LogP contribution in [0.5, 0.6) is 0 Å². The number of nitrogens with one attached hydrogen (secondary N) is 1. The number of amides is 1. The van der Waals surface area contributed by atoms with Crippen LogP contribution in [-0.2, 0) is 4.79 Å². The van der Waals surface area contributed by atoms with Crippen LogP contribution in [0, 0.1) is 17.7 Å². The summed E-state index contributed by atoms with van der Waals surface area (Å²) in [6, 6.07) is 13.4. The standard InChI is InChI=1S/C21H17FN4O/c1-14(23)21(27)26-20-10-8-18(16-11-17(22)13-24-12-16)19(25-20)9-7-15-5-3-2-4-6-15/h2-6,8,10-14H,23H2,1H3,(H,25,26,27). The first kappa shape index (κ1) is 18.2. The molecule has 1 aromatic carbocycles. The predicted molar refractivity (Wildman–Crippen MR) is 102 cm³/mol. The maximum Gasteiger partial charge on any atom is 0.242 e. The molecule has 0 saturated heterocycles. The van der Waals surface area contributed by atoms with Crippen LogP contribution in [0.15, 0.2) is 60.9 Å². The van der Waals surface area contributed by atoms with Crippen molar-refractivity contribution in [2.45, 2.75) is 13.0 Å². The summed E-state index contributed by atoms with van der Waals surface area (Å²) in [6.45, 7) is 1.58. The third-order valence-electron chi connectivity index (χ3n) is 3.67. The summed E-state index contributed by atoms with van der Waals surface area (Å²) in [5.41, 5.74) is 7.95. The Morgan fingerprint density at radius 1 is 1.15 bits per heavy atom. The third kappa shape index (κ3) is 4.75. The Labute approximate surface area is 156 Å². The fourth-order valence-corrected chi connectivity index (χ4v) is 2.31. The van der Waals surface area contributed by atoms with Gasteiger partial charge in [-0.2, -0.15) is 0 Å². The third-order valence-corrected chi connectivity index (χ3v) is 3.67. The van der Waals surface area contributed by atoms with Gasteiger partial charge in [-0.05, 0) is 43.2 Å². The second-order valence-corrected chi connectivity index (χ2v) is 5.88. The Bertz CT molecular complexity index is 1020. The van der Waals surface area contributed by atoms with Gasteiger partial charge in [-0.15, -0.1) is 0 Å². The molecule has 0 aliphatic carbocycles. The smallest absolute Gasteiger partial charge is 0.242 e. The maximum absolute atomic E-state index is 13.6. The number of nitrogens with zero attached hydrogens (tertiary/aromatic N) is 2. The second kappa shape index (κ2) is 8.21. The Morgan fingerprint density at radius 3 is 2.63 bits per heavy atom. The van der Waals surface area contributed by atoms with E-state index < -0.39 is 11.9 Å². The van der Waals surface area contributed by atoms with Gasteiger partial charge in [0.15, 0.2) is 0 Å². The molecule has 0 aliphatic heterocycles. The molecule has 1 atom stereocenters. The van der Waals surface area contributed by atoms with Gasteiger partial charge in [0.2, 0.25) is 5.91 Å². The van der Waals surface area contributed by atoms with Crippen molar-refractivity contribution in [2.75, 3.05) is 5.32 Å². The summed E-state index contributed by atoms with van der Waals surface area (Å²) >= 11 is 0. The van der Waals surface area contributed by atoms with Crippen LogP contribution < -0.4 is 11.1 Å². The minimum absolute atomic E-state index is 0.322. The first-order valence-corrected chi connectivity index (χ1v) is 8.28. The number of benzene rings is 1. The molecule has 5 nitrogen and oxygen atoms in total. The quantitative estimate of drug-likeness (QED) is 0.704. The van der Waals surface area contributed by atoms with Crippen molar-refractivity contribution in [3.63, 3.8) is 0 Å². The molecule has 0 aliphatic rings. The Hall–Kier alpha value is -3.56. The van der Waals surface area contributed by atoms with E-state index in [1.165, 1.54) is 12.3 Å². The van der Waals surface area contributed by atoms with Gasteiger partial charge in [-0.1, -0.05) is 24.1 Å². The SMILES string of the molecule is CC(N)C(=O)Nc1ccc(-c2cncc(F)c2)c(C#Cc2ccccc2)n1. The molecule has 27 heavy (non-hydrogen) atoms. The van der Waals surface area contributed by atoms with Crippen molar-refractivity contribution in [2.24, 2.45) is 5.73 Å². The van der Waals surface area contributed by atoms with Gasteiger partial charge in [-0.25, -0.2) is 9.37 Å². The molecule has 0 bridgehead atoms. The average molecular weight is 360 g/mol. The van der Waals surface area contributed by atoms with Crippen molar-refractivity contribution in [3.8, 4) is 23.0 Å². The number of halogens is 1. The van der Waals surface area contributed by atoms with E-state index in [4.69, 9.17) is 5.73 Å². The van der Waals surface area contributed by atoms with Crippen molar-refractivity contribution >= 4 is 11.7 Å². The van der Waals surface area contributed by atoms with E-state index in [9.17, 15) is 9.18 Å². The summed E-state index contributed by atoms with van der Waals surface area (Å²) < 4.78 is 13.6. The zero-order valence-corrected chi connectivity index (χ0v) is 14.6. The van der Waals surface area contributed by atoms with E-state index in [2.05, 4.69) is 27.1 Å². The van der Waals surface area contributed by atoms with E-state index in [-0.39, 0.29) is 5.91 Å². The van der Waals surface area contributed by atoms with E-state index in [1.807, 2.05) is 30.3 Å². The minimum atomic E-state index is -0.669. The topological polar surface area (TPSA) is 80.9 Å². The van der Waals surface area contributed by atoms with E-state index >= 15 is 0 Å². The molecular formula is C21H17FN4O. The lowest BCUT2D eigenvalue weighted by molar-refractivity contribution is -0.117. The number of hydrogen-bond acceptors (Lipinski definition) is 4. The van der Waals surface area contributed by atoms with Gasteiger partial charge in [0.1, 0.15) is 17.3 Å². The molecule has 3 rings (SSSR count). The molecular weight excluding hydrogens is 343 g/mol. The fourth-order valence-electron chi connectivity index (χ4n) is 2.31. The van der Waals surface area contributed by atoms with Crippen LogP contribution >= 0.6 is 0 Å². The van der Waals surface area contributed by atoms with Gasteiger partial charge in [-0.3, -0.25) is 9.78 Å². The van der Waals surface area contributed by atoms with Crippen LogP contribution in [0.4, 0.5) is 10.2 Å². The van der Waals surface area contributed by atoms with Gasteiger partial charge < -0.3 is 11.1 Å². The average Bonchev–Trinajstić information content (AvgIpc) is 2.67. The molecule has 134 valence electrons. The lowest BCUT2D eigenvalue weighted by atomic mass is 10.1. The Balaban J connectivity index is 2.05. The first-order chi connectivity index (χ1) is 13.0. The largest absolute Gasteiger partial charge is 0.320 e. The number of hydrogen-bond donors (Lipinski definition) is 2. The molecule has 0 saturated carbocycles. The van der Waals surface area contributed by atoms with Crippen molar-refractivity contribution in [1.82, 2.24) is 9.97 Å². The number of rotatable bonds is 3. The van der Waals surface area contributed by atoms with E-state index in [0.717, 1.165) is 11.8 Å². The number of carbonyl (C=O) groups is 1. The van der Waals surface area contributed by atoms with Crippen LogP contribution in [-0.4, -0.2) is 21.9 Å². The van der Waals surface area contributed by atoms with Gasteiger partial charge in [0.25, 0.3) is 0 Å². The highest BCUT2D eigenvalue weighted by Crippen LogP contribution is 2.24. The Morgan fingerprint density at radius 2 is 1.93 bits per heavy atom. The summed E-state index contributed by atoms with van der Waals surface area (Å²) in [7, 11) is 0. The van der Waals surface area contributed by atoms with Crippen molar-refractivity contribution < 1.29 is 9.18 Å². The highest BCUT2D eigenvalue weighted by molar-refractivity contribution is 5.93. The highest BCUT2D eigenvalue weighted by atomic mass is 19.1. The monoisotopic (exact) mass is 360 g/mol. The van der Waals surface area contributed by atoms with Crippen LogP contribution in [0.1, 0.15) is 18.2 Å². The molecule has 1 amide bonds. The summed E-state index contributed by atoms with van der Waals surface area (Å²) in [6.07, 6.45) is 2.66. The number of aromatic nitrogens is 2. The molecule has 0 spiro atoms.